The number of ether oxygens (including phenoxy) is 1. The van der Waals surface area contributed by atoms with Gasteiger partial charge in [0.2, 0.25) is 5.91 Å². The topological polar surface area (TPSA) is 54.5 Å². The zero-order valence-corrected chi connectivity index (χ0v) is 16.9. The Hall–Kier alpha value is -2.44. The van der Waals surface area contributed by atoms with Gasteiger partial charge in [0, 0.05) is 12.5 Å². The van der Waals surface area contributed by atoms with E-state index in [1.807, 2.05) is 41.7 Å². The van der Waals surface area contributed by atoms with Gasteiger partial charge in [-0.05, 0) is 55.8 Å². The Morgan fingerprint density at radius 3 is 2.82 bits per heavy atom. The van der Waals surface area contributed by atoms with Crippen LogP contribution in [-0.2, 0) is 11.3 Å². The maximum absolute atomic E-state index is 12.3. The third-order valence-electron chi connectivity index (χ3n) is 5.24. The van der Waals surface area contributed by atoms with Crippen LogP contribution in [-0.4, -0.2) is 42.5 Å². The first-order valence-electron chi connectivity index (χ1n) is 9.69. The number of nitrogens with one attached hydrogen (secondary N) is 1. The van der Waals surface area contributed by atoms with Crippen LogP contribution >= 0.6 is 11.3 Å². The van der Waals surface area contributed by atoms with E-state index < -0.39 is 0 Å². The molecular weight excluding hydrogens is 370 g/mol. The summed E-state index contributed by atoms with van der Waals surface area (Å²) >= 11 is 1.81. The molecule has 1 fully saturated rings. The van der Waals surface area contributed by atoms with Crippen molar-refractivity contribution in [2.45, 2.75) is 25.3 Å². The third-order valence-corrected chi connectivity index (χ3v) is 6.44. The van der Waals surface area contributed by atoms with E-state index in [9.17, 15) is 4.79 Å². The molecule has 4 rings (SSSR count). The monoisotopic (exact) mass is 395 g/mol. The Kier molecular flexibility index (Phi) is 5.88. The van der Waals surface area contributed by atoms with Gasteiger partial charge >= 0.3 is 0 Å². The molecule has 0 aliphatic carbocycles. The lowest BCUT2D eigenvalue weighted by Crippen LogP contribution is -2.41. The van der Waals surface area contributed by atoms with Gasteiger partial charge < -0.3 is 10.1 Å². The molecule has 5 nitrogen and oxygen atoms in total. The fourth-order valence-electron chi connectivity index (χ4n) is 3.64. The smallest absolute Gasteiger partial charge is 0.234 e. The molecule has 146 valence electrons. The summed E-state index contributed by atoms with van der Waals surface area (Å²) in [5, 5.41) is 4.25. The first-order chi connectivity index (χ1) is 13.7. The van der Waals surface area contributed by atoms with Crippen LogP contribution < -0.4 is 10.1 Å². The number of carbonyl (C=O) groups is 1. The molecule has 1 aliphatic heterocycles. The van der Waals surface area contributed by atoms with E-state index in [2.05, 4.69) is 28.4 Å². The minimum absolute atomic E-state index is 0.0706. The number of nitrogens with zero attached hydrogens (tertiary/aromatic N) is 2. The number of piperidine rings is 1. The molecular formula is C22H25N3O2S. The van der Waals surface area contributed by atoms with Gasteiger partial charge in [-0.15, -0.1) is 11.3 Å². The minimum atomic E-state index is 0.0706. The maximum Gasteiger partial charge on any atom is 0.234 e. The van der Waals surface area contributed by atoms with Crippen LogP contribution in [0.25, 0.3) is 10.2 Å². The number of carbonyl (C=O) groups excluding carboxylic acids is 1. The van der Waals surface area contributed by atoms with E-state index in [0.717, 1.165) is 42.8 Å². The number of rotatable bonds is 6. The highest BCUT2D eigenvalue weighted by Crippen LogP contribution is 2.33. The van der Waals surface area contributed by atoms with Crippen LogP contribution in [0.15, 0.2) is 48.5 Å². The third kappa shape index (κ3) is 4.51. The van der Waals surface area contributed by atoms with Gasteiger partial charge in [-0.1, -0.05) is 24.3 Å². The number of hydrogen-bond acceptors (Lipinski definition) is 5. The highest BCUT2D eigenvalue weighted by molar-refractivity contribution is 7.18. The van der Waals surface area contributed by atoms with Crippen LogP contribution in [0.1, 0.15) is 29.3 Å². The normalized spacial score (nSPS) is 15.6. The van der Waals surface area contributed by atoms with Crippen LogP contribution in [0.5, 0.6) is 5.75 Å². The van der Waals surface area contributed by atoms with Crippen LogP contribution in [0, 0.1) is 0 Å². The summed E-state index contributed by atoms with van der Waals surface area (Å²) in [7, 11) is 1.65. The summed E-state index contributed by atoms with van der Waals surface area (Å²) in [6.07, 6.45) is 2.12. The fourth-order valence-corrected chi connectivity index (χ4v) is 4.78. The van der Waals surface area contributed by atoms with Crippen LogP contribution in [0.4, 0.5) is 0 Å². The quantitative estimate of drug-likeness (QED) is 0.690. The van der Waals surface area contributed by atoms with E-state index in [4.69, 9.17) is 9.72 Å². The fraction of sp³-hybridized carbons (Fsp3) is 0.364. The molecule has 1 amide bonds. The summed E-state index contributed by atoms with van der Waals surface area (Å²) in [6, 6.07) is 16.1. The van der Waals surface area contributed by atoms with Crippen LogP contribution in [0.3, 0.4) is 0 Å². The van der Waals surface area contributed by atoms with Gasteiger partial charge in [0.15, 0.2) is 0 Å². The zero-order valence-electron chi connectivity index (χ0n) is 16.1. The van der Waals surface area contributed by atoms with Gasteiger partial charge in [-0.2, -0.15) is 0 Å². The molecule has 2 aromatic carbocycles. The van der Waals surface area contributed by atoms with E-state index in [0.29, 0.717) is 19.0 Å². The number of thiazole rings is 1. The first-order valence-corrected chi connectivity index (χ1v) is 10.5. The van der Waals surface area contributed by atoms with Crippen molar-refractivity contribution < 1.29 is 9.53 Å². The second kappa shape index (κ2) is 8.71. The lowest BCUT2D eigenvalue weighted by molar-refractivity contribution is -0.122. The van der Waals surface area contributed by atoms with Crippen molar-refractivity contribution in [3.05, 3.63) is 59.1 Å². The van der Waals surface area contributed by atoms with Gasteiger partial charge in [0.25, 0.3) is 0 Å². The van der Waals surface area contributed by atoms with E-state index in [1.165, 1.54) is 9.71 Å². The number of hydrogen-bond donors (Lipinski definition) is 1. The SMILES string of the molecule is COc1cccc(CNC(=O)CN2CCC(c3nc4ccccc4s3)CC2)c1. The number of para-hydroxylation sites is 1. The molecule has 3 aromatic rings. The Bertz CT molecular complexity index is 915. The Morgan fingerprint density at radius 2 is 2.04 bits per heavy atom. The number of fused-ring (bicyclic) bond motifs is 1. The summed E-state index contributed by atoms with van der Waals surface area (Å²) < 4.78 is 6.48. The maximum atomic E-state index is 12.3. The highest BCUT2D eigenvalue weighted by Gasteiger charge is 2.24. The van der Waals surface area contributed by atoms with Crippen LogP contribution in [0.2, 0.25) is 0 Å². The number of amides is 1. The average molecular weight is 396 g/mol. The van der Waals surface area contributed by atoms with Crippen molar-refractivity contribution >= 4 is 27.5 Å². The number of aromatic nitrogens is 1. The summed E-state index contributed by atoms with van der Waals surface area (Å²) in [5.41, 5.74) is 2.14. The molecule has 28 heavy (non-hydrogen) atoms. The summed E-state index contributed by atoms with van der Waals surface area (Å²) in [6.45, 7) is 2.86. The largest absolute Gasteiger partial charge is 0.497 e. The van der Waals surface area contributed by atoms with Crippen molar-refractivity contribution in [3.63, 3.8) is 0 Å². The molecule has 0 unspecified atom stereocenters. The molecule has 6 heteroatoms. The Balaban J connectivity index is 1.25. The van der Waals surface area contributed by atoms with Gasteiger partial charge in [-0.25, -0.2) is 4.98 Å². The molecule has 1 aromatic heterocycles. The zero-order chi connectivity index (χ0) is 19.3. The number of likely N-dealkylation sites (tertiary alicyclic amines) is 1. The predicted molar refractivity (Wildman–Crippen MR) is 113 cm³/mol. The van der Waals surface area contributed by atoms with E-state index in [-0.39, 0.29) is 5.91 Å². The lowest BCUT2D eigenvalue weighted by atomic mass is 9.97. The second-order valence-electron chi connectivity index (χ2n) is 7.20. The van der Waals surface area contributed by atoms with Gasteiger partial charge in [0.05, 0.1) is 28.9 Å². The standard InChI is InChI=1S/C22H25N3O2S/c1-27-18-6-4-5-16(13-18)14-23-21(26)15-25-11-9-17(10-12-25)22-24-19-7-2-3-8-20(19)28-22/h2-8,13,17H,9-12,14-15H2,1H3,(H,23,26). The Labute approximate surface area is 169 Å². The lowest BCUT2D eigenvalue weighted by Gasteiger charge is -2.30. The van der Waals surface area contributed by atoms with Gasteiger partial charge in [-0.3, -0.25) is 9.69 Å². The second-order valence-corrected chi connectivity index (χ2v) is 8.26. The molecule has 0 atom stereocenters. The molecule has 0 saturated carbocycles. The summed E-state index contributed by atoms with van der Waals surface area (Å²) in [5.74, 6) is 1.39. The number of benzene rings is 2. The van der Waals surface area contributed by atoms with E-state index >= 15 is 0 Å². The van der Waals surface area contributed by atoms with Crippen molar-refractivity contribution in [1.29, 1.82) is 0 Å². The molecule has 0 radical (unpaired) electrons. The average Bonchev–Trinajstić information content (AvgIpc) is 3.17. The number of methoxy groups -OCH3 is 1. The Morgan fingerprint density at radius 1 is 1.21 bits per heavy atom. The minimum Gasteiger partial charge on any atom is -0.497 e. The van der Waals surface area contributed by atoms with Crippen molar-refractivity contribution in [2.24, 2.45) is 0 Å². The van der Waals surface area contributed by atoms with E-state index in [1.54, 1.807) is 7.11 Å². The first kappa shape index (κ1) is 18.9. The highest BCUT2D eigenvalue weighted by atomic mass is 32.1. The molecule has 0 bridgehead atoms. The van der Waals surface area contributed by atoms with Crippen molar-refractivity contribution in [2.75, 3.05) is 26.7 Å². The predicted octanol–water partition coefficient (Wildman–Crippen LogP) is 3.80. The molecule has 0 spiro atoms. The van der Waals surface area contributed by atoms with Crippen molar-refractivity contribution in [3.8, 4) is 5.75 Å². The molecule has 1 saturated heterocycles. The molecule has 1 N–H and O–H groups in total. The summed E-state index contributed by atoms with van der Waals surface area (Å²) in [4.78, 5) is 19.4. The molecule has 1 aliphatic rings. The van der Waals surface area contributed by atoms with Gasteiger partial charge in [0.1, 0.15) is 5.75 Å². The molecule has 2 heterocycles. The van der Waals surface area contributed by atoms with Crippen molar-refractivity contribution in [1.82, 2.24) is 15.2 Å².